The molecule has 1 saturated heterocycles. The molecule has 3 rings (SSSR count). The molecule has 1 aromatic carbocycles. The van der Waals surface area contributed by atoms with Gasteiger partial charge in [0.1, 0.15) is 0 Å². The van der Waals surface area contributed by atoms with E-state index in [0.29, 0.717) is 0 Å². The number of para-hydroxylation sites is 1. The molecule has 120 valence electrons. The van der Waals surface area contributed by atoms with Crippen molar-refractivity contribution in [2.75, 3.05) is 51.8 Å². The highest BCUT2D eigenvalue weighted by Gasteiger charge is 2.30. The lowest BCUT2D eigenvalue weighted by Gasteiger charge is -2.38. The van der Waals surface area contributed by atoms with Crippen LogP contribution < -0.4 is 5.32 Å². The van der Waals surface area contributed by atoms with Crippen LogP contribution >= 0.6 is 0 Å². The molecule has 1 aromatic rings. The van der Waals surface area contributed by atoms with Gasteiger partial charge in [-0.2, -0.15) is 0 Å². The first-order chi connectivity index (χ1) is 10.8. The molecule has 1 atom stereocenters. The fourth-order valence-corrected chi connectivity index (χ4v) is 3.37. The zero-order chi connectivity index (χ0) is 15.4. The monoisotopic (exact) mass is 303 g/mol. The van der Waals surface area contributed by atoms with Crippen LogP contribution in [0.15, 0.2) is 24.3 Å². The Hall–Kier alpha value is -1.43. The first-order valence-electron chi connectivity index (χ1n) is 8.12. The highest BCUT2D eigenvalue weighted by Crippen LogP contribution is 2.24. The fourth-order valence-electron chi connectivity index (χ4n) is 3.37. The van der Waals surface area contributed by atoms with Crippen molar-refractivity contribution in [1.29, 1.82) is 0 Å². The molecular formula is C17H25N3O2. The van der Waals surface area contributed by atoms with Gasteiger partial charge in [-0.15, -0.1) is 0 Å². The average Bonchev–Trinajstić information content (AvgIpc) is 2.72. The number of rotatable bonds is 4. The fraction of sp³-hybridized carbons (Fsp3) is 0.588. The van der Waals surface area contributed by atoms with Gasteiger partial charge in [-0.25, -0.2) is 0 Å². The molecule has 0 aliphatic carbocycles. The lowest BCUT2D eigenvalue weighted by molar-refractivity contribution is -0.122. The summed E-state index contributed by atoms with van der Waals surface area (Å²) in [5, 5.41) is 3.10. The van der Waals surface area contributed by atoms with Gasteiger partial charge < -0.3 is 10.1 Å². The topological polar surface area (TPSA) is 44.8 Å². The van der Waals surface area contributed by atoms with Crippen molar-refractivity contribution >= 4 is 11.6 Å². The van der Waals surface area contributed by atoms with Crippen LogP contribution in [0, 0.1) is 0 Å². The first-order valence-corrected chi connectivity index (χ1v) is 8.12. The zero-order valence-corrected chi connectivity index (χ0v) is 13.3. The molecule has 5 heteroatoms. The third-order valence-electron chi connectivity index (χ3n) is 4.72. The normalized spacial score (nSPS) is 23.7. The van der Waals surface area contributed by atoms with Crippen LogP contribution in [0.5, 0.6) is 0 Å². The maximum absolute atomic E-state index is 12.5. The minimum Gasteiger partial charge on any atom is -0.383 e. The van der Waals surface area contributed by atoms with E-state index in [1.165, 1.54) is 5.56 Å². The van der Waals surface area contributed by atoms with E-state index >= 15 is 0 Å². The number of hydrogen-bond acceptors (Lipinski definition) is 4. The van der Waals surface area contributed by atoms with Crippen LogP contribution in [0.25, 0.3) is 0 Å². The number of methoxy groups -OCH3 is 1. The Labute approximate surface area is 132 Å². The predicted molar refractivity (Wildman–Crippen MR) is 87.1 cm³/mol. The number of aryl methyl sites for hydroxylation is 1. The van der Waals surface area contributed by atoms with Gasteiger partial charge in [0.15, 0.2) is 0 Å². The summed E-state index contributed by atoms with van der Waals surface area (Å²) in [7, 11) is 1.74. The van der Waals surface area contributed by atoms with Crippen molar-refractivity contribution in [2.24, 2.45) is 0 Å². The van der Waals surface area contributed by atoms with E-state index in [1.807, 2.05) is 18.2 Å². The Kier molecular flexibility index (Phi) is 5.08. The minimum atomic E-state index is -0.00280. The summed E-state index contributed by atoms with van der Waals surface area (Å²) in [6, 6.07) is 8.13. The molecule has 1 N–H and O–H groups in total. The maximum atomic E-state index is 12.5. The van der Waals surface area contributed by atoms with Crippen molar-refractivity contribution in [3.63, 3.8) is 0 Å². The molecule has 0 bridgehead atoms. The number of ether oxygens (including phenoxy) is 1. The number of hydrogen-bond donors (Lipinski definition) is 1. The molecule has 0 aromatic heterocycles. The molecular weight excluding hydrogens is 278 g/mol. The molecule has 1 fully saturated rings. The number of piperazine rings is 1. The maximum Gasteiger partial charge on any atom is 0.241 e. The van der Waals surface area contributed by atoms with Gasteiger partial charge >= 0.3 is 0 Å². The molecule has 1 amide bonds. The lowest BCUT2D eigenvalue weighted by atomic mass is 10.0. The second-order valence-electron chi connectivity index (χ2n) is 6.07. The minimum absolute atomic E-state index is 0.00280. The highest BCUT2D eigenvalue weighted by molar-refractivity contribution is 5.96. The number of carbonyl (C=O) groups is 1. The van der Waals surface area contributed by atoms with E-state index in [2.05, 4.69) is 21.2 Å². The number of benzene rings is 1. The van der Waals surface area contributed by atoms with Crippen LogP contribution in [0.3, 0.4) is 0 Å². The number of nitrogens with zero attached hydrogens (tertiary/aromatic N) is 2. The van der Waals surface area contributed by atoms with Gasteiger partial charge in [0.25, 0.3) is 0 Å². The Balaban J connectivity index is 1.59. The van der Waals surface area contributed by atoms with Crippen molar-refractivity contribution in [2.45, 2.75) is 18.9 Å². The van der Waals surface area contributed by atoms with Gasteiger partial charge in [-0.05, 0) is 24.5 Å². The number of fused-ring (bicyclic) bond motifs is 1. The van der Waals surface area contributed by atoms with Gasteiger partial charge in [-0.3, -0.25) is 14.6 Å². The van der Waals surface area contributed by atoms with E-state index in [9.17, 15) is 4.79 Å². The number of anilines is 1. The third kappa shape index (κ3) is 3.48. The Bertz CT molecular complexity index is 512. The van der Waals surface area contributed by atoms with Crippen molar-refractivity contribution < 1.29 is 9.53 Å². The van der Waals surface area contributed by atoms with Crippen LogP contribution in [-0.2, 0) is 16.0 Å². The average molecular weight is 303 g/mol. The molecule has 0 saturated carbocycles. The van der Waals surface area contributed by atoms with E-state index < -0.39 is 0 Å². The van der Waals surface area contributed by atoms with Crippen molar-refractivity contribution in [3.05, 3.63) is 29.8 Å². The Morgan fingerprint density at radius 1 is 1.23 bits per heavy atom. The Morgan fingerprint density at radius 2 is 2.00 bits per heavy atom. The second-order valence-corrected chi connectivity index (χ2v) is 6.07. The van der Waals surface area contributed by atoms with Gasteiger partial charge in [-0.1, -0.05) is 18.2 Å². The quantitative estimate of drug-likeness (QED) is 0.908. The number of carbonyl (C=O) groups excluding carboxylic acids is 1. The van der Waals surface area contributed by atoms with Crippen LogP contribution in [0.1, 0.15) is 12.0 Å². The summed E-state index contributed by atoms with van der Waals surface area (Å²) in [6.45, 7) is 5.70. The predicted octanol–water partition coefficient (Wildman–Crippen LogP) is 1.20. The Morgan fingerprint density at radius 3 is 2.77 bits per heavy atom. The molecule has 0 spiro atoms. The third-order valence-corrected chi connectivity index (χ3v) is 4.72. The van der Waals surface area contributed by atoms with E-state index in [4.69, 9.17) is 4.74 Å². The molecule has 2 aliphatic rings. The molecule has 22 heavy (non-hydrogen) atoms. The molecule has 0 radical (unpaired) electrons. The summed E-state index contributed by atoms with van der Waals surface area (Å²) in [5.74, 6) is 0.148. The SMILES string of the molecule is COCCN1CCN([C@@H]2CCc3ccccc3NC2=O)CC1. The number of nitrogens with one attached hydrogen (secondary N) is 1. The first kappa shape index (κ1) is 15.5. The summed E-state index contributed by atoms with van der Waals surface area (Å²) in [5.41, 5.74) is 2.23. The molecule has 5 nitrogen and oxygen atoms in total. The highest BCUT2D eigenvalue weighted by atomic mass is 16.5. The van der Waals surface area contributed by atoms with Crippen molar-refractivity contribution in [3.8, 4) is 0 Å². The molecule has 0 unspecified atom stereocenters. The second kappa shape index (κ2) is 7.22. The summed E-state index contributed by atoms with van der Waals surface area (Å²) < 4.78 is 5.14. The van der Waals surface area contributed by atoms with E-state index in [-0.39, 0.29) is 11.9 Å². The largest absolute Gasteiger partial charge is 0.383 e. The molecule has 2 aliphatic heterocycles. The summed E-state index contributed by atoms with van der Waals surface area (Å²) >= 11 is 0. The van der Waals surface area contributed by atoms with Crippen LogP contribution in [0.4, 0.5) is 5.69 Å². The lowest BCUT2D eigenvalue weighted by Crippen LogP contribution is -2.54. The van der Waals surface area contributed by atoms with Gasteiger partial charge in [0.2, 0.25) is 5.91 Å². The number of amides is 1. The van der Waals surface area contributed by atoms with Crippen LogP contribution in [-0.4, -0.2) is 68.2 Å². The van der Waals surface area contributed by atoms with Crippen LogP contribution in [0.2, 0.25) is 0 Å². The van der Waals surface area contributed by atoms with Gasteiger partial charge in [0.05, 0.1) is 12.6 Å². The summed E-state index contributed by atoms with van der Waals surface area (Å²) in [6.07, 6.45) is 1.87. The van der Waals surface area contributed by atoms with Crippen molar-refractivity contribution in [1.82, 2.24) is 9.80 Å². The van der Waals surface area contributed by atoms with E-state index in [0.717, 1.165) is 57.9 Å². The molecule has 2 heterocycles. The van der Waals surface area contributed by atoms with Gasteiger partial charge in [0, 0.05) is 45.5 Å². The van der Waals surface area contributed by atoms with E-state index in [1.54, 1.807) is 7.11 Å². The summed E-state index contributed by atoms with van der Waals surface area (Å²) in [4.78, 5) is 17.3. The zero-order valence-electron chi connectivity index (χ0n) is 13.3. The smallest absolute Gasteiger partial charge is 0.241 e. The standard InChI is InChI=1S/C17H25N3O2/c1-22-13-12-19-8-10-20(11-9-19)16-7-6-14-4-2-3-5-15(14)18-17(16)21/h2-5,16H,6-13H2,1H3,(H,18,21)/t16-/m1/s1.